The van der Waals surface area contributed by atoms with Gasteiger partial charge in [-0.3, -0.25) is 4.79 Å². The Balaban J connectivity index is 1.92. The van der Waals surface area contributed by atoms with Crippen molar-refractivity contribution in [1.82, 2.24) is 0 Å². The van der Waals surface area contributed by atoms with Gasteiger partial charge in [0, 0.05) is 23.0 Å². The second kappa shape index (κ2) is 6.97. The molecule has 1 saturated carbocycles. The van der Waals surface area contributed by atoms with E-state index in [9.17, 15) is 4.79 Å². The monoisotopic (exact) mass is 313 g/mol. The maximum Gasteiger partial charge on any atom is 0.138 e. The van der Waals surface area contributed by atoms with E-state index < -0.39 is 0 Å². The number of carbonyl (C=O) groups is 1. The maximum absolute atomic E-state index is 12.4. The summed E-state index contributed by atoms with van der Waals surface area (Å²) in [4.78, 5) is 12.4. The summed E-state index contributed by atoms with van der Waals surface area (Å²) < 4.78 is 0. The van der Waals surface area contributed by atoms with Gasteiger partial charge in [-0.2, -0.15) is 0 Å². The molecule has 1 aliphatic carbocycles. The fourth-order valence-corrected chi connectivity index (χ4v) is 3.39. The van der Waals surface area contributed by atoms with Gasteiger partial charge in [0.25, 0.3) is 0 Å². The van der Waals surface area contributed by atoms with Crippen molar-refractivity contribution < 1.29 is 4.79 Å². The van der Waals surface area contributed by atoms with E-state index >= 15 is 0 Å². The molecule has 2 nitrogen and oxygen atoms in total. The van der Waals surface area contributed by atoms with Gasteiger partial charge < -0.3 is 5.32 Å². The molecule has 2 aromatic rings. The summed E-state index contributed by atoms with van der Waals surface area (Å²) >= 11 is 6.15. The summed E-state index contributed by atoms with van der Waals surface area (Å²) in [7, 11) is 0. The first-order valence-electron chi connectivity index (χ1n) is 7.84. The molecule has 0 bridgehead atoms. The molecule has 0 amide bonds. The average Bonchev–Trinajstić information content (AvgIpc) is 2.54. The van der Waals surface area contributed by atoms with Crippen molar-refractivity contribution in [3.63, 3.8) is 0 Å². The Morgan fingerprint density at radius 1 is 1.05 bits per heavy atom. The topological polar surface area (TPSA) is 29.1 Å². The molecule has 0 saturated heterocycles. The number of carbonyl (C=O) groups excluding carboxylic acids is 1. The third-order valence-electron chi connectivity index (χ3n) is 4.31. The van der Waals surface area contributed by atoms with Crippen molar-refractivity contribution in [3.05, 3.63) is 65.2 Å². The zero-order valence-electron chi connectivity index (χ0n) is 12.5. The van der Waals surface area contributed by atoms with Gasteiger partial charge in [0.2, 0.25) is 0 Å². The summed E-state index contributed by atoms with van der Waals surface area (Å²) in [6, 6.07) is 17.9. The van der Waals surface area contributed by atoms with Crippen molar-refractivity contribution in [2.75, 3.05) is 5.32 Å². The summed E-state index contributed by atoms with van der Waals surface area (Å²) in [5, 5.41) is 4.25. The number of hydrogen-bond acceptors (Lipinski definition) is 2. The van der Waals surface area contributed by atoms with E-state index in [1.54, 1.807) is 0 Å². The van der Waals surface area contributed by atoms with E-state index in [4.69, 9.17) is 11.6 Å². The highest BCUT2D eigenvalue weighted by Crippen LogP contribution is 2.35. The van der Waals surface area contributed by atoms with Gasteiger partial charge in [-0.05, 0) is 42.7 Å². The smallest absolute Gasteiger partial charge is 0.138 e. The van der Waals surface area contributed by atoms with Gasteiger partial charge in [-0.25, -0.2) is 0 Å². The number of ketones is 1. The van der Waals surface area contributed by atoms with E-state index in [2.05, 4.69) is 5.32 Å². The minimum atomic E-state index is -0.0195. The lowest BCUT2D eigenvalue weighted by Crippen LogP contribution is -2.30. The molecule has 2 atom stereocenters. The van der Waals surface area contributed by atoms with Crippen LogP contribution < -0.4 is 5.32 Å². The molecule has 0 radical (unpaired) electrons. The van der Waals surface area contributed by atoms with Crippen molar-refractivity contribution in [2.45, 2.75) is 31.7 Å². The fraction of sp³-hybridized carbons (Fsp3) is 0.316. The van der Waals surface area contributed by atoms with Gasteiger partial charge >= 0.3 is 0 Å². The standard InChI is InChI=1S/C19H20ClNO/c20-15-8-6-7-14(13-15)19(17-11-4-5-12-18(17)22)21-16-9-2-1-3-10-16/h1-3,6-10,13,17,19,21H,4-5,11-12H2. The van der Waals surface area contributed by atoms with Crippen LogP contribution >= 0.6 is 11.6 Å². The first-order chi connectivity index (χ1) is 10.7. The Bertz CT molecular complexity index is 641. The Morgan fingerprint density at radius 2 is 1.86 bits per heavy atom. The van der Waals surface area contributed by atoms with Gasteiger partial charge in [0.05, 0.1) is 6.04 Å². The van der Waals surface area contributed by atoms with Crippen LogP contribution in [0.2, 0.25) is 5.02 Å². The molecule has 114 valence electrons. The lowest BCUT2D eigenvalue weighted by atomic mass is 9.80. The third kappa shape index (κ3) is 3.50. The van der Waals surface area contributed by atoms with Crippen molar-refractivity contribution in [3.8, 4) is 0 Å². The van der Waals surface area contributed by atoms with E-state index in [1.165, 1.54) is 0 Å². The number of para-hydroxylation sites is 1. The number of halogens is 1. The van der Waals surface area contributed by atoms with E-state index in [0.717, 1.165) is 30.5 Å². The highest BCUT2D eigenvalue weighted by Gasteiger charge is 2.31. The molecule has 22 heavy (non-hydrogen) atoms. The molecule has 2 unspecified atom stereocenters. The number of benzene rings is 2. The van der Waals surface area contributed by atoms with E-state index in [0.29, 0.717) is 17.2 Å². The summed E-state index contributed by atoms with van der Waals surface area (Å²) in [6.07, 6.45) is 3.76. The van der Waals surface area contributed by atoms with E-state index in [1.807, 2.05) is 54.6 Å². The van der Waals surface area contributed by atoms with Gasteiger partial charge in [-0.15, -0.1) is 0 Å². The second-order valence-corrected chi connectivity index (χ2v) is 6.30. The van der Waals surface area contributed by atoms with Crippen LogP contribution in [-0.4, -0.2) is 5.78 Å². The van der Waals surface area contributed by atoms with Crippen LogP contribution in [0, 0.1) is 5.92 Å². The van der Waals surface area contributed by atoms with Crippen molar-refractivity contribution >= 4 is 23.1 Å². The lowest BCUT2D eigenvalue weighted by molar-refractivity contribution is -0.125. The molecule has 0 aromatic heterocycles. The molecule has 1 fully saturated rings. The molecular formula is C19H20ClNO. The lowest BCUT2D eigenvalue weighted by Gasteiger charge is -2.31. The molecular weight excluding hydrogens is 294 g/mol. The molecule has 2 aromatic carbocycles. The maximum atomic E-state index is 12.4. The molecule has 1 N–H and O–H groups in total. The summed E-state index contributed by atoms with van der Waals surface area (Å²) in [6.45, 7) is 0. The van der Waals surface area contributed by atoms with Gasteiger partial charge in [-0.1, -0.05) is 48.4 Å². The molecule has 0 aliphatic heterocycles. The van der Waals surface area contributed by atoms with Crippen LogP contribution in [0.25, 0.3) is 0 Å². The van der Waals surface area contributed by atoms with Crippen LogP contribution in [0.3, 0.4) is 0 Å². The fourth-order valence-electron chi connectivity index (χ4n) is 3.19. The molecule has 0 heterocycles. The first kappa shape index (κ1) is 15.1. The van der Waals surface area contributed by atoms with E-state index in [-0.39, 0.29) is 12.0 Å². The number of nitrogens with one attached hydrogen (secondary N) is 1. The zero-order valence-corrected chi connectivity index (χ0v) is 13.2. The predicted octanol–water partition coefficient (Wildman–Crippen LogP) is 5.25. The second-order valence-electron chi connectivity index (χ2n) is 5.86. The Morgan fingerprint density at radius 3 is 2.59 bits per heavy atom. The third-order valence-corrected chi connectivity index (χ3v) is 4.54. The van der Waals surface area contributed by atoms with Crippen LogP contribution in [0.15, 0.2) is 54.6 Å². The average molecular weight is 314 g/mol. The number of Topliss-reactive ketones (excluding diaryl/α,β-unsaturated/α-hetero) is 1. The summed E-state index contributed by atoms with van der Waals surface area (Å²) in [5.74, 6) is 0.382. The molecule has 3 heteroatoms. The SMILES string of the molecule is O=C1CCCCC1C(Nc1ccccc1)c1cccc(Cl)c1. The van der Waals surface area contributed by atoms with Gasteiger partial charge in [0.15, 0.2) is 0 Å². The van der Waals surface area contributed by atoms with Crippen LogP contribution in [0.1, 0.15) is 37.3 Å². The highest BCUT2D eigenvalue weighted by atomic mass is 35.5. The minimum absolute atomic E-state index is 0.0195. The minimum Gasteiger partial charge on any atom is -0.378 e. The molecule has 3 rings (SSSR count). The molecule has 0 spiro atoms. The predicted molar refractivity (Wildman–Crippen MR) is 91.2 cm³/mol. The first-order valence-corrected chi connectivity index (χ1v) is 8.21. The normalized spacial score (nSPS) is 19.7. The number of hydrogen-bond donors (Lipinski definition) is 1. The van der Waals surface area contributed by atoms with Crippen molar-refractivity contribution in [1.29, 1.82) is 0 Å². The summed E-state index contributed by atoms with van der Waals surface area (Å²) in [5.41, 5.74) is 2.11. The van der Waals surface area contributed by atoms with Crippen LogP contribution in [0.4, 0.5) is 5.69 Å². The Labute approximate surface area is 136 Å². The molecule has 1 aliphatic rings. The Kier molecular flexibility index (Phi) is 4.79. The number of rotatable bonds is 4. The Hall–Kier alpha value is -1.80. The number of anilines is 1. The largest absolute Gasteiger partial charge is 0.378 e. The van der Waals surface area contributed by atoms with Crippen molar-refractivity contribution in [2.24, 2.45) is 5.92 Å². The van der Waals surface area contributed by atoms with Crippen LogP contribution in [-0.2, 0) is 4.79 Å². The zero-order chi connectivity index (χ0) is 15.4. The quantitative estimate of drug-likeness (QED) is 0.835. The highest BCUT2D eigenvalue weighted by molar-refractivity contribution is 6.30. The van der Waals surface area contributed by atoms with Crippen LogP contribution in [0.5, 0.6) is 0 Å². The van der Waals surface area contributed by atoms with Gasteiger partial charge in [0.1, 0.15) is 5.78 Å².